The van der Waals surface area contributed by atoms with Crippen molar-refractivity contribution in [1.82, 2.24) is 4.98 Å². The fourth-order valence-corrected chi connectivity index (χ4v) is 1.64. The first-order chi connectivity index (χ1) is 11.0. The van der Waals surface area contributed by atoms with Crippen LogP contribution in [0.25, 0.3) is 0 Å². The molecule has 2 heterocycles. The minimum atomic E-state index is -3.08. The number of rotatable bonds is 2. The third kappa shape index (κ3) is 3.43. The molecule has 0 unspecified atom stereocenters. The normalized spacial score (nSPS) is 36.1. The lowest BCUT2D eigenvalue weighted by molar-refractivity contribution is 0.122. The Bertz CT molecular complexity index is 630. The highest BCUT2D eigenvalue weighted by Crippen LogP contribution is 2.26. The van der Waals surface area contributed by atoms with Crippen molar-refractivity contribution in [3.63, 3.8) is 0 Å². The molecule has 0 N–H and O–H groups in total. The van der Waals surface area contributed by atoms with Crippen LogP contribution in [-0.4, -0.2) is 31.1 Å². The van der Waals surface area contributed by atoms with E-state index in [-0.39, 0.29) is 11.2 Å². The summed E-state index contributed by atoms with van der Waals surface area (Å²) in [6, 6.07) is 3.28. The Kier molecular flexibility index (Phi) is 1.69. The first kappa shape index (κ1) is 5.70. The zero-order valence-electron chi connectivity index (χ0n) is 18.2. The van der Waals surface area contributed by atoms with E-state index < -0.39 is 26.1 Å². The maximum atomic E-state index is 8.13. The molecule has 0 saturated carbocycles. The summed E-state index contributed by atoms with van der Waals surface area (Å²) in [6.07, 6.45) is 1.76. The smallest absolute Gasteiger partial charge is 0.131 e. The molecule has 1 aromatic rings. The van der Waals surface area contributed by atoms with E-state index in [0.717, 1.165) is 0 Å². The first-order valence-electron chi connectivity index (χ1n) is 9.47. The maximum Gasteiger partial charge on any atom is 0.131 e. The fraction of sp³-hybridized carbons (Fsp3) is 0.643. The molecule has 17 heavy (non-hydrogen) atoms. The molecule has 1 saturated heterocycles. The average Bonchev–Trinajstić information content (AvgIpc) is 2.36. The van der Waals surface area contributed by atoms with Crippen LogP contribution in [0.1, 0.15) is 37.3 Å². The Hall–Kier alpha value is -1.09. The Balaban J connectivity index is 2.70. The summed E-state index contributed by atoms with van der Waals surface area (Å²) >= 11 is 0. The van der Waals surface area contributed by atoms with Crippen LogP contribution in [-0.2, 0) is 11.2 Å². The number of hydrogen-bond donors (Lipinski definition) is 0. The van der Waals surface area contributed by atoms with E-state index >= 15 is 0 Å². The van der Waals surface area contributed by atoms with Crippen LogP contribution in [0.5, 0.6) is 0 Å². The molecule has 1 aromatic heterocycles. The van der Waals surface area contributed by atoms with Gasteiger partial charge in [-0.05, 0) is 23.5 Å². The van der Waals surface area contributed by atoms with Gasteiger partial charge in [-0.2, -0.15) is 0 Å². The second kappa shape index (κ2) is 5.05. The van der Waals surface area contributed by atoms with E-state index in [9.17, 15) is 0 Å². The molecule has 1 aliphatic heterocycles. The third-order valence-corrected chi connectivity index (χ3v) is 2.22. The highest BCUT2D eigenvalue weighted by Gasteiger charge is 2.19. The van der Waals surface area contributed by atoms with Crippen molar-refractivity contribution in [2.45, 2.75) is 27.2 Å². The largest absolute Gasteiger partial charge is 0.378 e. The number of aromatic nitrogens is 1. The predicted molar refractivity (Wildman–Crippen MR) is 70.4 cm³/mol. The van der Waals surface area contributed by atoms with Crippen molar-refractivity contribution in [1.29, 1.82) is 0 Å². The summed E-state index contributed by atoms with van der Waals surface area (Å²) in [6.45, 7) is -6.29. The average molecular weight is 242 g/mol. The number of pyridine rings is 1. The van der Waals surface area contributed by atoms with Crippen molar-refractivity contribution in [2.75, 3.05) is 31.0 Å². The van der Waals surface area contributed by atoms with Crippen LogP contribution in [0.4, 0.5) is 5.82 Å². The van der Waals surface area contributed by atoms with Gasteiger partial charge in [-0.25, -0.2) is 4.98 Å². The molecule has 3 heteroatoms. The van der Waals surface area contributed by atoms with E-state index in [1.54, 1.807) is 12.1 Å². The lowest BCUT2D eigenvalue weighted by atomic mass is 9.88. The Labute approximate surface area is 115 Å². The molecule has 1 aliphatic rings. The second-order valence-corrected chi connectivity index (χ2v) is 5.09. The van der Waals surface area contributed by atoms with E-state index in [1.165, 1.54) is 6.20 Å². The van der Waals surface area contributed by atoms with Crippen LogP contribution in [0, 0.1) is 5.41 Å². The molecule has 0 atom stereocenters. The molecule has 0 radical (unpaired) electrons. The van der Waals surface area contributed by atoms with Gasteiger partial charge in [0.2, 0.25) is 0 Å². The van der Waals surface area contributed by atoms with Crippen LogP contribution in [0.15, 0.2) is 18.3 Å². The van der Waals surface area contributed by atoms with E-state index in [1.807, 2.05) is 20.8 Å². The molecule has 0 aromatic carbocycles. The minimum absolute atomic E-state index is 0.136. The molecule has 0 amide bonds. The molecule has 0 bridgehead atoms. The summed E-state index contributed by atoms with van der Waals surface area (Å²) in [7, 11) is 0. The number of hydrogen-bond acceptors (Lipinski definition) is 3. The molecule has 0 spiro atoms. The summed E-state index contributed by atoms with van der Waals surface area (Å²) < 4.78 is 68.2. The fourth-order valence-electron chi connectivity index (χ4n) is 1.64. The van der Waals surface area contributed by atoms with Gasteiger partial charge < -0.3 is 9.64 Å². The first-order valence-corrected chi connectivity index (χ1v) is 5.47. The van der Waals surface area contributed by atoms with E-state index in [0.29, 0.717) is 16.9 Å². The summed E-state index contributed by atoms with van der Waals surface area (Å²) in [4.78, 5) is 4.50. The number of nitrogens with zero attached hydrogens (tertiary/aromatic N) is 2. The van der Waals surface area contributed by atoms with E-state index in [4.69, 9.17) is 11.0 Å². The third-order valence-electron chi connectivity index (χ3n) is 2.22. The van der Waals surface area contributed by atoms with Crippen LogP contribution >= 0.6 is 0 Å². The second-order valence-electron chi connectivity index (χ2n) is 5.09. The van der Waals surface area contributed by atoms with Gasteiger partial charge in [-0.1, -0.05) is 26.8 Å². The van der Waals surface area contributed by atoms with Gasteiger partial charge in [0.1, 0.15) is 5.82 Å². The Morgan fingerprint density at radius 1 is 1.41 bits per heavy atom. The van der Waals surface area contributed by atoms with Crippen molar-refractivity contribution >= 4 is 5.82 Å². The van der Waals surface area contributed by atoms with Crippen LogP contribution < -0.4 is 4.90 Å². The molecule has 3 nitrogen and oxygen atoms in total. The number of morpholine rings is 1. The van der Waals surface area contributed by atoms with Gasteiger partial charge in [0, 0.05) is 19.2 Å². The van der Waals surface area contributed by atoms with Gasteiger partial charge >= 0.3 is 0 Å². The molecule has 94 valence electrons. The Morgan fingerprint density at radius 3 is 2.76 bits per heavy atom. The standard InChI is InChI=1S/C14H22N2O/c1-14(2,3)11-12-5-4-6-15-13(12)16-7-9-17-10-8-16/h4-6H,7-11H2,1-3H3/i7D2,8D2,9D2,10D2. The summed E-state index contributed by atoms with van der Waals surface area (Å²) in [5.74, 6) is -0.136. The highest BCUT2D eigenvalue weighted by molar-refractivity contribution is 5.47. The van der Waals surface area contributed by atoms with Gasteiger partial charge in [0.15, 0.2) is 0 Å². The minimum Gasteiger partial charge on any atom is -0.378 e. The van der Waals surface area contributed by atoms with Crippen molar-refractivity contribution in [2.24, 2.45) is 5.41 Å². The Morgan fingerprint density at radius 2 is 2.12 bits per heavy atom. The van der Waals surface area contributed by atoms with Crippen LogP contribution in [0.3, 0.4) is 0 Å². The number of ether oxygens (including phenoxy) is 1. The molecular weight excluding hydrogens is 212 g/mol. The SMILES string of the molecule is [2H]C1([2H])OC([2H])([2H])C([2H])([2H])N(c2ncccc2CC(C)(C)C)C1([2H])[2H]. The molecule has 0 aliphatic carbocycles. The number of anilines is 1. The zero-order valence-corrected chi connectivity index (χ0v) is 10.2. The zero-order chi connectivity index (χ0) is 19.5. The lowest BCUT2D eigenvalue weighted by Gasteiger charge is -2.30. The molecule has 2 rings (SSSR count). The summed E-state index contributed by atoms with van der Waals surface area (Å²) in [5.41, 5.74) is 0.276. The summed E-state index contributed by atoms with van der Waals surface area (Å²) in [5, 5.41) is 0. The van der Waals surface area contributed by atoms with Gasteiger partial charge in [0.25, 0.3) is 0 Å². The predicted octanol–water partition coefficient (Wildman–Crippen LogP) is 2.51. The topological polar surface area (TPSA) is 25.4 Å². The van der Waals surface area contributed by atoms with Gasteiger partial charge in [-0.3, -0.25) is 0 Å². The van der Waals surface area contributed by atoms with Gasteiger partial charge in [0.05, 0.1) is 24.1 Å². The quantitative estimate of drug-likeness (QED) is 0.797. The maximum absolute atomic E-state index is 8.13. The van der Waals surface area contributed by atoms with E-state index in [2.05, 4.69) is 9.72 Å². The van der Waals surface area contributed by atoms with Crippen molar-refractivity contribution in [3.05, 3.63) is 23.9 Å². The van der Waals surface area contributed by atoms with Crippen molar-refractivity contribution in [3.8, 4) is 0 Å². The van der Waals surface area contributed by atoms with Gasteiger partial charge in [-0.15, -0.1) is 0 Å². The molecular formula is C14H22N2O. The highest BCUT2D eigenvalue weighted by atomic mass is 16.5. The van der Waals surface area contributed by atoms with Crippen molar-refractivity contribution < 1.29 is 15.7 Å². The lowest BCUT2D eigenvalue weighted by Crippen LogP contribution is -2.37. The molecule has 1 fully saturated rings. The monoisotopic (exact) mass is 242 g/mol. The van der Waals surface area contributed by atoms with Crippen LogP contribution in [0.2, 0.25) is 0 Å².